The molecule has 1 aliphatic heterocycles. The van der Waals surface area contributed by atoms with Crippen molar-refractivity contribution in [3.63, 3.8) is 0 Å². The van der Waals surface area contributed by atoms with E-state index in [1.807, 2.05) is 25.1 Å². The molecule has 1 nitrogen and oxygen atoms in total. The number of benzene rings is 1. The molecule has 0 fully saturated rings. The van der Waals surface area contributed by atoms with Gasteiger partial charge in [0.2, 0.25) is 0 Å². The van der Waals surface area contributed by atoms with Gasteiger partial charge in [-0.2, -0.15) is 0 Å². The van der Waals surface area contributed by atoms with Crippen molar-refractivity contribution in [1.29, 1.82) is 0 Å². The lowest BCUT2D eigenvalue weighted by molar-refractivity contribution is 0.172. The monoisotopic (exact) mass is 179 g/mol. The first-order valence-corrected chi connectivity index (χ1v) is 4.60. The van der Waals surface area contributed by atoms with Gasteiger partial charge in [0.1, 0.15) is 5.67 Å². The minimum Gasteiger partial charge on any atom is -0.309 e. The molecule has 1 N–H and O–H groups in total. The molecule has 2 rings (SSSR count). The smallest absolute Gasteiger partial charge is 0.146 e. The van der Waals surface area contributed by atoms with Crippen LogP contribution in [0.3, 0.4) is 0 Å². The van der Waals surface area contributed by atoms with Crippen LogP contribution in [-0.2, 0) is 12.2 Å². The second-order valence-corrected chi connectivity index (χ2v) is 3.91. The molecule has 70 valence electrons. The second kappa shape index (κ2) is 2.81. The third kappa shape index (κ3) is 1.35. The van der Waals surface area contributed by atoms with E-state index in [0.717, 1.165) is 23.2 Å². The maximum Gasteiger partial charge on any atom is 0.146 e. The minimum atomic E-state index is -1.21. The van der Waals surface area contributed by atoms with Crippen LogP contribution in [0.5, 0.6) is 0 Å². The van der Waals surface area contributed by atoms with Crippen molar-refractivity contribution in [3.05, 3.63) is 34.9 Å². The fourth-order valence-electron chi connectivity index (χ4n) is 2.14. The van der Waals surface area contributed by atoms with Gasteiger partial charge in [0.05, 0.1) is 0 Å². The summed E-state index contributed by atoms with van der Waals surface area (Å²) in [7, 11) is 0. The molecule has 1 atom stereocenters. The molecule has 0 saturated heterocycles. The van der Waals surface area contributed by atoms with E-state index >= 15 is 0 Å². The summed E-state index contributed by atoms with van der Waals surface area (Å²) in [4.78, 5) is 0. The molecular formula is C11H14FN. The lowest BCUT2D eigenvalue weighted by Crippen LogP contribution is -2.38. The van der Waals surface area contributed by atoms with E-state index < -0.39 is 5.67 Å². The van der Waals surface area contributed by atoms with Crippen LogP contribution in [-0.4, -0.2) is 6.54 Å². The molecule has 13 heavy (non-hydrogen) atoms. The van der Waals surface area contributed by atoms with Crippen molar-refractivity contribution in [2.24, 2.45) is 0 Å². The summed E-state index contributed by atoms with van der Waals surface area (Å²) in [5, 5.41) is 3.08. The first kappa shape index (κ1) is 8.70. The van der Waals surface area contributed by atoms with Crippen LogP contribution in [0.1, 0.15) is 23.6 Å². The maximum absolute atomic E-state index is 14.1. The Morgan fingerprint density at radius 3 is 2.92 bits per heavy atom. The van der Waals surface area contributed by atoms with Crippen LogP contribution >= 0.6 is 0 Å². The lowest BCUT2D eigenvalue weighted by Gasteiger charge is -2.30. The molecule has 1 aromatic carbocycles. The van der Waals surface area contributed by atoms with E-state index in [9.17, 15) is 4.39 Å². The van der Waals surface area contributed by atoms with Crippen LogP contribution in [0.2, 0.25) is 0 Å². The van der Waals surface area contributed by atoms with Crippen molar-refractivity contribution in [2.45, 2.75) is 26.1 Å². The molecule has 1 heterocycles. The van der Waals surface area contributed by atoms with E-state index in [1.54, 1.807) is 6.92 Å². The van der Waals surface area contributed by atoms with Gasteiger partial charge in [0, 0.05) is 13.1 Å². The first-order valence-electron chi connectivity index (χ1n) is 4.60. The summed E-state index contributed by atoms with van der Waals surface area (Å²) >= 11 is 0. The van der Waals surface area contributed by atoms with E-state index in [2.05, 4.69) is 5.32 Å². The lowest BCUT2D eigenvalue weighted by atomic mass is 9.86. The van der Waals surface area contributed by atoms with E-state index in [4.69, 9.17) is 0 Å². The van der Waals surface area contributed by atoms with Gasteiger partial charge in [-0.25, -0.2) is 4.39 Å². The van der Waals surface area contributed by atoms with Crippen LogP contribution in [0.25, 0.3) is 0 Å². The van der Waals surface area contributed by atoms with Gasteiger partial charge < -0.3 is 5.32 Å². The highest BCUT2D eigenvalue weighted by Gasteiger charge is 2.32. The molecule has 0 bridgehead atoms. The Morgan fingerprint density at radius 1 is 1.46 bits per heavy atom. The van der Waals surface area contributed by atoms with Crippen molar-refractivity contribution in [2.75, 3.05) is 6.54 Å². The molecular weight excluding hydrogens is 165 g/mol. The Morgan fingerprint density at radius 2 is 2.23 bits per heavy atom. The van der Waals surface area contributed by atoms with Crippen molar-refractivity contribution in [3.8, 4) is 0 Å². The molecule has 0 aromatic heterocycles. The van der Waals surface area contributed by atoms with Gasteiger partial charge in [-0.3, -0.25) is 0 Å². The fourth-order valence-corrected chi connectivity index (χ4v) is 2.14. The Labute approximate surface area is 78.0 Å². The summed E-state index contributed by atoms with van der Waals surface area (Å²) in [6.07, 6.45) is 0. The molecule has 1 unspecified atom stereocenters. The Kier molecular flexibility index (Phi) is 1.88. The number of halogens is 1. The van der Waals surface area contributed by atoms with Crippen LogP contribution in [0.4, 0.5) is 4.39 Å². The van der Waals surface area contributed by atoms with Gasteiger partial charge >= 0.3 is 0 Å². The highest BCUT2D eigenvalue weighted by molar-refractivity contribution is 5.40. The van der Waals surface area contributed by atoms with Crippen molar-refractivity contribution >= 4 is 0 Å². The zero-order valence-electron chi connectivity index (χ0n) is 8.02. The fraction of sp³-hybridized carbons (Fsp3) is 0.455. The van der Waals surface area contributed by atoms with Crippen LogP contribution in [0, 0.1) is 6.92 Å². The number of nitrogens with one attached hydrogen (secondary N) is 1. The molecule has 0 amide bonds. The predicted octanol–water partition coefficient (Wildman–Crippen LogP) is 2.28. The number of rotatable bonds is 0. The molecule has 1 aliphatic rings. The van der Waals surface area contributed by atoms with Gasteiger partial charge in [-0.15, -0.1) is 0 Å². The summed E-state index contributed by atoms with van der Waals surface area (Å²) in [6.45, 7) is 4.83. The maximum atomic E-state index is 14.1. The third-order valence-corrected chi connectivity index (χ3v) is 2.65. The van der Waals surface area contributed by atoms with Gasteiger partial charge in [-0.05, 0) is 30.5 Å². The minimum absolute atomic E-state index is 0.421. The average molecular weight is 179 g/mol. The Hall–Kier alpha value is -0.890. The van der Waals surface area contributed by atoms with Gasteiger partial charge in [-0.1, -0.05) is 18.2 Å². The molecule has 0 aliphatic carbocycles. The second-order valence-electron chi connectivity index (χ2n) is 3.91. The summed E-state index contributed by atoms with van der Waals surface area (Å²) in [6, 6.07) is 5.95. The van der Waals surface area contributed by atoms with Crippen LogP contribution < -0.4 is 5.32 Å². The Bertz CT molecular complexity index is 331. The predicted molar refractivity (Wildman–Crippen MR) is 51.3 cm³/mol. The number of fused-ring (bicyclic) bond motifs is 1. The van der Waals surface area contributed by atoms with E-state index in [1.165, 1.54) is 0 Å². The van der Waals surface area contributed by atoms with Crippen molar-refractivity contribution < 1.29 is 4.39 Å². The highest BCUT2D eigenvalue weighted by Crippen LogP contribution is 2.33. The summed E-state index contributed by atoms with van der Waals surface area (Å²) in [5.74, 6) is 0. The zero-order valence-corrected chi connectivity index (χ0v) is 8.02. The number of hydrogen-bond donors (Lipinski definition) is 1. The Balaban J connectivity index is 2.61. The number of hydrogen-bond acceptors (Lipinski definition) is 1. The molecule has 0 radical (unpaired) electrons. The molecule has 1 aromatic rings. The standard InChI is InChI=1S/C11H14FN/c1-8-4-3-5-9-6-13-7-11(2,12)10(8)9/h3-5,13H,6-7H2,1-2H3. The summed E-state index contributed by atoms with van der Waals surface area (Å²) in [5.41, 5.74) is 1.83. The largest absolute Gasteiger partial charge is 0.309 e. The SMILES string of the molecule is Cc1cccc2c1C(C)(F)CNC2. The van der Waals surface area contributed by atoms with Gasteiger partial charge in [0.25, 0.3) is 0 Å². The van der Waals surface area contributed by atoms with E-state index in [-0.39, 0.29) is 0 Å². The normalized spacial score (nSPS) is 27.0. The van der Waals surface area contributed by atoms with Crippen LogP contribution in [0.15, 0.2) is 18.2 Å². The highest BCUT2D eigenvalue weighted by atomic mass is 19.1. The molecule has 2 heteroatoms. The van der Waals surface area contributed by atoms with E-state index in [0.29, 0.717) is 6.54 Å². The summed E-state index contributed by atoms with van der Waals surface area (Å²) < 4.78 is 14.1. The van der Waals surface area contributed by atoms with Crippen molar-refractivity contribution in [1.82, 2.24) is 5.32 Å². The quantitative estimate of drug-likeness (QED) is 0.644. The number of alkyl halides is 1. The first-order chi connectivity index (χ1) is 6.11. The number of aryl methyl sites for hydroxylation is 1. The molecule has 0 spiro atoms. The third-order valence-electron chi connectivity index (χ3n) is 2.65. The topological polar surface area (TPSA) is 12.0 Å². The average Bonchev–Trinajstić information content (AvgIpc) is 2.02. The van der Waals surface area contributed by atoms with Gasteiger partial charge in [0.15, 0.2) is 0 Å². The molecule has 0 saturated carbocycles. The zero-order chi connectivity index (χ0) is 9.47.